The Morgan fingerprint density at radius 2 is 2.17 bits per heavy atom. The summed E-state index contributed by atoms with van der Waals surface area (Å²) in [5.74, 6) is -0.0700. The molecule has 0 saturated heterocycles. The van der Waals surface area contributed by atoms with Gasteiger partial charge in [-0.05, 0) is 41.8 Å². The van der Waals surface area contributed by atoms with Gasteiger partial charge in [0.1, 0.15) is 5.58 Å². The van der Waals surface area contributed by atoms with Crippen molar-refractivity contribution in [3.8, 4) is 0 Å². The van der Waals surface area contributed by atoms with Gasteiger partial charge >= 0.3 is 0 Å². The fourth-order valence-electron chi connectivity index (χ4n) is 1.77. The van der Waals surface area contributed by atoms with Crippen LogP contribution < -0.4 is 5.32 Å². The third-order valence-corrected chi connectivity index (χ3v) is 2.87. The van der Waals surface area contributed by atoms with E-state index in [-0.39, 0.29) is 5.91 Å². The number of hydrogen-bond donors (Lipinski definition) is 1. The maximum absolute atomic E-state index is 11.1. The topological polar surface area (TPSA) is 59.3 Å². The van der Waals surface area contributed by atoms with Crippen LogP contribution in [0.3, 0.4) is 0 Å². The van der Waals surface area contributed by atoms with Crippen molar-refractivity contribution in [3.05, 3.63) is 35.6 Å². The highest BCUT2D eigenvalue weighted by Crippen LogP contribution is 2.23. The van der Waals surface area contributed by atoms with Gasteiger partial charge in [0.25, 0.3) is 5.24 Å². The first-order chi connectivity index (χ1) is 8.58. The highest BCUT2D eigenvalue weighted by Gasteiger charge is 2.09. The van der Waals surface area contributed by atoms with Crippen molar-refractivity contribution >= 4 is 33.7 Å². The van der Waals surface area contributed by atoms with Crippen molar-refractivity contribution in [2.24, 2.45) is 0 Å². The predicted molar refractivity (Wildman–Crippen MR) is 68.8 cm³/mol. The highest BCUT2D eigenvalue weighted by atomic mass is 35.5. The second-order valence-corrected chi connectivity index (χ2v) is 4.32. The standard InChI is InChI=1S/C13H12ClNO3/c1-8(16)15-5-4-10-7-18-12-3-2-9(13(14)17)6-11(10)12/h2-3,6-7H,4-5H2,1H3,(H,15,16). The number of amides is 1. The molecule has 1 aromatic heterocycles. The average Bonchev–Trinajstić information content (AvgIpc) is 2.71. The number of carbonyl (C=O) groups is 2. The Hall–Kier alpha value is -1.81. The van der Waals surface area contributed by atoms with Crippen molar-refractivity contribution in [2.45, 2.75) is 13.3 Å². The lowest BCUT2D eigenvalue weighted by Gasteiger charge is -2.00. The van der Waals surface area contributed by atoms with Crippen molar-refractivity contribution in [1.82, 2.24) is 5.32 Å². The highest BCUT2D eigenvalue weighted by molar-refractivity contribution is 6.67. The van der Waals surface area contributed by atoms with E-state index < -0.39 is 5.24 Å². The average molecular weight is 266 g/mol. The lowest BCUT2D eigenvalue weighted by molar-refractivity contribution is -0.118. The molecule has 0 atom stereocenters. The normalized spacial score (nSPS) is 10.6. The van der Waals surface area contributed by atoms with Gasteiger partial charge in [0.2, 0.25) is 5.91 Å². The van der Waals surface area contributed by atoms with Crippen LogP contribution in [0.2, 0.25) is 0 Å². The zero-order chi connectivity index (χ0) is 13.1. The molecule has 2 aromatic rings. The van der Waals surface area contributed by atoms with Gasteiger partial charge in [-0.1, -0.05) is 0 Å². The molecule has 4 nitrogen and oxygen atoms in total. The van der Waals surface area contributed by atoms with Crippen LogP contribution in [0, 0.1) is 0 Å². The molecule has 94 valence electrons. The third kappa shape index (κ3) is 2.71. The molecule has 2 rings (SSSR count). The number of rotatable bonds is 4. The number of fused-ring (bicyclic) bond motifs is 1. The van der Waals surface area contributed by atoms with Gasteiger partial charge < -0.3 is 9.73 Å². The van der Waals surface area contributed by atoms with Crippen LogP contribution in [0.25, 0.3) is 11.0 Å². The van der Waals surface area contributed by atoms with E-state index in [4.69, 9.17) is 16.0 Å². The Balaban J connectivity index is 2.25. The van der Waals surface area contributed by atoms with Gasteiger partial charge in [0.05, 0.1) is 6.26 Å². The molecular weight excluding hydrogens is 254 g/mol. The number of nitrogens with one attached hydrogen (secondary N) is 1. The van der Waals surface area contributed by atoms with Gasteiger partial charge in [0.15, 0.2) is 0 Å². The molecule has 1 heterocycles. The van der Waals surface area contributed by atoms with Crippen LogP contribution in [0.1, 0.15) is 22.8 Å². The number of benzene rings is 1. The van der Waals surface area contributed by atoms with Crippen LogP contribution in [0.5, 0.6) is 0 Å². The largest absolute Gasteiger partial charge is 0.464 e. The first-order valence-corrected chi connectivity index (χ1v) is 5.90. The summed E-state index contributed by atoms with van der Waals surface area (Å²) in [5.41, 5.74) is 2.08. The second-order valence-electron chi connectivity index (χ2n) is 3.98. The molecule has 0 aliphatic carbocycles. The van der Waals surface area contributed by atoms with E-state index in [2.05, 4.69) is 5.32 Å². The van der Waals surface area contributed by atoms with E-state index in [1.807, 2.05) is 0 Å². The Bertz CT molecular complexity index is 603. The molecule has 0 aliphatic heterocycles. The van der Waals surface area contributed by atoms with Gasteiger partial charge in [-0.2, -0.15) is 0 Å². The fourth-order valence-corrected chi connectivity index (χ4v) is 1.89. The molecule has 0 saturated carbocycles. The maximum atomic E-state index is 11.1. The molecule has 0 fully saturated rings. The van der Waals surface area contributed by atoms with E-state index in [0.717, 1.165) is 10.9 Å². The summed E-state index contributed by atoms with van der Waals surface area (Å²) in [6, 6.07) is 5.04. The number of carbonyl (C=O) groups excluding carboxylic acids is 2. The summed E-state index contributed by atoms with van der Waals surface area (Å²) in [5, 5.41) is 3.07. The quantitative estimate of drug-likeness (QED) is 0.864. The summed E-state index contributed by atoms with van der Waals surface area (Å²) in [6.07, 6.45) is 2.28. The van der Waals surface area contributed by atoms with Gasteiger partial charge in [-0.25, -0.2) is 0 Å². The van der Waals surface area contributed by atoms with Crippen LogP contribution in [0.15, 0.2) is 28.9 Å². The molecule has 1 aromatic carbocycles. The minimum absolute atomic E-state index is 0.0700. The smallest absolute Gasteiger partial charge is 0.252 e. The zero-order valence-electron chi connectivity index (χ0n) is 9.83. The Labute approximate surface area is 109 Å². The monoisotopic (exact) mass is 265 g/mol. The number of furan rings is 1. The number of hydrogen-bond acceptors (Lipinski definition) is 3. The lowest BCUT2D eigenvalue weighted by Crippen LogP contribution is -2.22. The van der Waals surface area contributed by atoms with Gasteiger partial charge in [-0.15, -0.1) is 0 Å². The van der Waals surface area contributed by atoms with Gasteiger partial charge in [0, 0.05) is 24.4 Å². The molecule has 5 heteroatoms. The van der Waals surface area contributed by atoms with E-state index in [1.165, 1.54) is 6.92 Å². The minimum Gasteiger partial charge on any atom is -0.464 e. The number of halogens is 1. The molecular formula is C13H12ClNO3. The van der Waals surface area contributed by atoms with Crippen molar-refractivity contribution < 1.29 is 14.0 Å². The van der Waals surface area contributed by atoms with E-state index in [1.54, 1.807) is 24.5 Å². The van der Waals surface area contributed by atoms with E-state index >= 15 is 0 Å². The first-order valence-electron chi connectivity index (χ1n) is 5.52. The molecule has 0 unspecified atom stereocenters. The SMILES string of the molecule is CC(=O)NCCc1coc2ccc(C(=O)Cl)cc12. The van der Waals surface area contributed by atoms with Crippen molar-refractivity contribution in [3.63, 3.8) is 0 Å². The Morgan fingerprint density at radius 1 is 1.39 bits per heavy atom. The molecule has 0 bridgehead atoms. The van der Waals surface area contributed by atoms with Crippen LogP contribution >= 0.6 is 11.6 Å². The Morgan fingerprint density at radius 3 is 2.83 bits per heavy atom. The van der Waals surface area contributed by atoms with Crippen LogP contribution in [-0.4, -0.2) is 17.7 Å². The molecule has 18 heavy (non-hydrogen) atoms. The predicted octanol–water partition coefficient (Wildman–Crippen LogP) is 2.49. The molecule has 1 amide bonds. The summed E-state index contributed by atoms with van der Waals surface area (Å²) < 4.78 is 5.37. The first kappa shape index (κ1) is 12.6. The van der Waals surface area contributed by atoms with Gasteiger partial charge in [-0.3, -0.25) is 9.59 Å². The zero-order valence-corrected chi connectivity index (χ0v) is 10.6. The minimum atomic E-state index is -0.495. The summed E-state index contributed by atoms with van der Waals surface area (Å²) in [4.78, 5) is 21.9. The van der Waals surface area contributed by atoms with Crippen LogP contribution in [0.4, 0.5) is 0 Å². The maximum Gasteiger partial charge on any atom is 0.252 e. The van der Waals surface area contributed by atoms with Crippen molar-refractivity contribution in [1.29, 1.82) is 0 Å². The molecule has 0 aliphatic rings. The molecule has 1 N–H and O–H groups in total. The van der Waals surface area contributed by atoms with Crippen molar-refractivity contribution in [2.75, 3.05) is 6.54 Å². The summed E-state index contributed by atoms with van der Waals surface area (Å²) in [6.45, 7) is 2.00. The van der Waals surface area contributed by atoms with Crippen LogP contribution in [-0.2, 0) is 11.2 Å². The third-order valence-electron chi connectivity index (χ3n) is 2.65. The molecule has 0 spiro atoms. The fraction of sp³-hybridized carbons (Fsp3) is 0.231. The Kier molecular flexibility index (Phi) is 3.67. The summed E-state index contributed by atoms with van der Waals surface area (Å²) in [7, 11) is 0. The summed E-state index contributed by atoms with van der Waals surface area (Å²) >= 11 is 5.44. The second kappa shape index (κ2) is 5.23. The molecule has 0 radical (unpaired) electrons. The van der Waals surface area contributed by atoms with E-state index in [0.29, 0.717) is 24.1 Å². The lowest BCUT2D eigenvalue weighted by atomic mass is 10.1. The van der Waals surface area contributed by atoms with E-state index in [9.17, 15) is 9.59 Å².